The van der Waals surface area contributed by atoms with Crippen LogP contribution in [0.25, 0.3) is 0 Å². The molecule has 6 N–H and O–H groups in total. The molecule has 0 bridgehead atoms. The fourth-order valence-electron chi connectivity index (χ4n) is 1.18. The lowest BCUT2D eigenvalue weighted by atomic mass is 10.4. The van der Waals surface area contributed by atoms with Gasteiger partial charge < -0.3 is 29.8 Å². The summed E-state index contributed by atoms with van der Waals surface area (Å²) in [6.07, 6.45) is -4.63. The Kier molecular flexibility index (Phi) is 5.44. The molecule has 0 aromatic heterocycles. The molecule has 0 saturated heterocycles. The predicted molar refractivity (Wildman–Crippen MR) is 59.6 cm³/mol. The van der Waals surface area contributed by atoms with Gasteiger partial charge in [0.2, 0.25) is 0 Å². The zero-order chi connectivity index (χ0) is 15.6. The largest absolute Gasteiger partial charge is 0.524 e. The van der Waals surface area contributed by atoms with Crippen molar-refractivity contribution in [3.05, 3.63) is 0 Å². The number of imide groups is 1. The molecule has 0 aromatic carbocycles. The zero-order valence-electron chi connectivity index (χ0n) is 9.65. The molecule has 0 heterocycles. The molecule has 0 aliphatic heterocycles. The van der Waals surface area contributed by atoms with E-state index in [4.69, 9.17) is 29.8 Å². The third-order valence-corrected chi connectivity index (χ3v) is 6.33. The first-order valence-electron chi connectivity index (χ1n) is 4.66. The lowest BCUT2D eigenvalue weighted by Gasteiger charge is -2.25. The van der Waals surface area contributed by atoms with Gasteiger partial charge in [0.25, 0.3) is 0 Å². The smallest absolute Gasteiger partial charge is 0.435 e. The highest BCUT2D eigenvalue weighted by Crippen LogP contribution is 2.61. The first-order chi connectivity index (χ1) is 8.23. The number of quaternary nitrogens is 1. The Morgan fingerprint density at radius 1 is 1.00 bits per heavy atom. The molecule has 13 heteroatoms. The molecular weight excluding hydrogens is 308 g/mol. The van der Waals surface area contributed by atoms with Crippen molar-refractivity contribution in [3.8, 4) is 0 Å². The van der Waals surface area contributed by atoms with E-state index < -0.39 is 50.2 Å². The molecule has 0 fully saturated rings. The van der Waals surface area contributed by atoms with Crippen LogP contribution in [0.2, 0.25) is 0 Å². The van der Waals surface area contributed by atoms with Crippen LogP contribution in [0.4, 0.5) is 9.59 Å². The Hall–Kier alpha value is -0.800. The Bertz CT molecular complexity index is 427. The van der Waals surface area contributed by atoms with E-state index in [0.717, 1.165) is 7.05 Å². The second-order valence-electron chi connectivity index (χ2n) is 3.93. The number of carbonyl (C=O) groups is 2. The van der Waals surface area contributed by atoms with Gasteiger partial charge in [-0.15, -0.1) is 4.48 Å². The second kappa shape index (κ2) is 5.68. The number of hydrogen-bond donors (Lipinski definition) is 6. The Balaban J connectivity index is 5.23. The molecule has 0 radical (unpaired) electrons. The molecular formula is C6H14NO10P2+. The molecule has 0 spiro atoms. The van der Waals surface area contributed by atoms with Gasteiger partial charge in [-0.1, -0.05) is 0 Å². The van der Waals surface area contributed by atoms with Crippen molar-refractivity contribution in [1.29, 1.82) is 0 Å². The molecule has 0 rings (SSSR count). The monoisotopic (exact) mass is 322 g/mol. The minimum Gasteiger partial charge on any atom is -0.435 e. The molecule has 0 aliphatic carbocycles. The van der Waals surface area contributed by atoms with Crippen LogP contribution in [-0.2, 0) is 9.13 Å². The Labute approximate surface area is 107 Å². The maximum atomic E-state index is 10.9. The molecule has 19 heavy (non-hydrogen) atoms. The molecule has 11 nitrogen and oxygen atoms in total. The van der Waals surface area contributed by atoms with Gasteiger partial charge in [0.15, 0.2) is 5.40 Å². The van der Waals surface area contributed by atoms with Crippen molar-refractivity contribution < 1.29 is 53.0 Å². The highest BCUT2D eigenvalue weighted by atomic mass is 31.2. The standard InChI is InChI=1S/C6H13NO10P2/c1-7(5(8)9,6(10)11)3-2-4(18(12,13)14)19(15,16)17/h4H,2-3H2,1H3,(H5-,8,9,10,11,12,13,14,15,16,17)/p+1. The topological polar surface area (TPSA) is 190 Å². The van der Waals surface area contributed by atoms with Crippen LogP contribution in [0.1, 0.15) is 6.42 Å². The maximum Gasteiger partial charge on any atom is 0.524 e. The first kappa shape index (κ1) is 18.2. The minimum atomic E-state index is -5.20. The molecule has 0 atom stereocenters. The highest BCUT2D eigenvalue weighted by molar-refractivity contribution is 7.70. The molecule has 0 unspecified atom stereocenters. The van der Waals surface area contributed by atoms with E-state index in [1.54, 1.807) is 0 Å². The third-order valence-electron chi connectivity index (χ3n) is 2.46. The van der Waals surface area contributed by atoms with Crippen molar-refractivity contribution in [2.75, 3.05) is 13.6 Å². The van der Waals surface area contributed by atoms with Crippen molar-refractivity contribution >= 4 is 27.4 Å². The molecule has 112 valence electrons. The number of hydrogen-bond acceptors (Lipinski definition) is 4. The quantitative estimate of drug-likeness (QED) is 0.293. The lowest BCUT2D eigenvalue weighted by Crippen LogP contribution is -2.53. The Morgan fingerprint density at radius 3 is 1.53 bits per heavy atom. The second-order valence-corrected chi connectivity index (χ2v) is 7.94. The highest BCUT2D eigenvalue weighted by Gasteiger charge is 2.48. The van der Waals surface area contributed by atoms with Gasteiger partial charge in [0.1, 0.15) is 6.54 Å². The maximum absolute atomic E-state index is 10.9. The summed E-state index contributed by atoms with van der Waals surface area (Å²) in [5.74, 6) is 0. The number of amides is 2. The van der Waals surface area contributed by atoms with Crippen LogP contribution in [-0.4, -0.2) is 65.4 Å². The van der Waals surface area contributed by atoms with Gasteiger partial charge in [-0.2, -0.15) is 9.59 Å². The Morgan fingerprint density at radius 2 is 1.32 bits per heavy atom. The fraction of sp³-hybridized carbons (Fsp3) is 0.667. The van der Waals surface area contributed by atoms with Gasteiger partial charge in [0.05, 0.1) is 7.05 Å². The van der Waals surface area contributed by atoms with E-state index in [9.17, 15) is 18.7 Å². The number of carboxylic acid groups (broad SMARTS) is 2. The van der Waals surface area contributed by atoms with Crippen LogP contribution < -0.4 is 0 Å². The van der Waals surface area contributed by atoms with Gasteiger partial charge in [0, 0.05) is 6.42 Å². The van der Waals surface area contributed by atoms with Crippen molar-refractivity contribution in [3.63, 3.8) is 0 Å². The van der Waals surface area contributed by atoms with Crippen LogP contribution in [0.15, 0.2) is 0 Å². The van der Waals surface area contributed by atoms with Gasteiger partial charge in [-0.05, 0) is 0 Å². The van der Waals surface area contributed by atoms with E-state index in [-0.39, 0.29) is 0 Å². The SMILES string of the molecule is C[N+](CCC(P(=O)(O)O)P(=O)(O)O)(C(=O)O)C(=O)O. The molecule has 0 saturated carbocycles. The summed E-state index contributed by atoms with van der Waals surface area (Å²) in [7, 11) is -9.68. The summed E-state index contributed by atoms with van der Waals surface area (Å²) in [6, 6.07) is 0. The van der Waals surface area contributed by atoms with Crippen LogP contribution >= 0.6 is 15.2 Å². The van der Waals surface area contributed by atoms with Gasteiger partial charge in [-0.25, -0.2) is 0 Å². The summed E-state index contributed by atoms with van der Waals surface area (Å²) in [4.78, 5) is 56.8. The number of nitrogens with zero attached hydrogens (tertiary/aromatic N) is 1. The summed E-state index contributed by atoms with van der Waals surface area (Å²) in [5.41, 5.74) is 0. The summed E-state index contributed by atoms with van der Waals surface area (Å²) in [5, 5.41) is 15.0. The summed E-state index contributed by atoms with van der Waals surface area (Å²) in [6.45, 7) is -0.897. The van der Waals surface area contributed by atoms with Gasteiger partial charge >= 0.3 is 27.4 Å². The summed E-state index contributed by atoms with van der Waals surface area (Å²) < 4.78 is 20.2. The van der Waals surface area contributed by atoms with E-state index in [1.807, 2.05) is 0 Å². The number of rotatable bonds is 5. The normalized spacial score (nSPS) is 13.6. The van der Waals surface area contributed by atoms with Gasteiger partial charge in [-0.3, -0.25) is 9.13 Å². The zero-order valence-corrected chi connectivity index (χ0v) is 11.4. The van der Waals surface area contributed by atoms with Crippen molar-refractivity contribution in [2.24, 2.45) is 0 Å². The predicted octanol–water partition coefficient (Wildman–Crippen LogP) is -0.139. The average Bonchev–Trinajstić information content (AvgIpc) is 2.12. The van der Waals surface area contributed by atoms with E-state index in [0.29, 0.717) is 0 Å². The van der Waals surface area contributed by atoms with Crippen molar-refractivity contribution in [2.45, 2.75) is 11.8 Å². The van der Waals surface area contributed by atoms with E-state index in [2.05, 4.69) is 0 Å². The van der Waals surface area contributed by atoms with Crippen LogP contribution in [0.3, 0.4) is 0 Å². The van der Waals surface area contributed by atoms with Crippen LogP contribution in [0.5, 0.6) is 0 Å². The average molecular weight is 322 g/mol. The van der Waals surface area contributed by atoms with E-state index in [1.165, 1.54) is 0 Å². The molecule has 0 aliphatic rings. The summed E-state index contributed by atoms with van der Waals surface area (Å²) >= 11 is 0. The van der Waals surface area contributed by atoms with E-state index >= 15 is 0 Å². The molecule has 0 aromatic rings. The fourth-order valence-corrected chi connectivity index (χ4v) is 3.65. The minimum absolute atomic E-state index is 0.723. The van der Waals surface area contributed by atoms with Crippen molar-refractivity contribution in [1.82, 2.24) is 0 Å². The first-order valence-corrected chi connectivity index (χ1v) is 8.02. The third kappa shape index (κ3) is 4.66. The lowest BCUT2D eigenvalue weighted by molar-refractivity contribution is -0.763. The van der Waals surface area contributed by atoms with Crippen LogP contribution in [0, 0.1) is 0 Å². The molecule has 2 amide bonds.